The normalized spacial score (nSPS) is 12.2. The van der Waals surface area contributed by atoms with Crippen LogP contribution in [0.1, 0.15) is 19.4 Å². The SMILES string of the molecule is CC(C)(CN)NCc1coc2ccccc12. The van der Waals surface area contributed by atoms with E-state index in [2.05, 4.69) is 25.2 Å². The van der Waals surface area contributed by atoms with Crippen molar-refractivity contribution in [3.8, 4) is 0 Å². The van der Waals surface area contributed by atoms with Gasteiger partial charge in [-0.05, 0) is 19.9 Å². The number of fused-ring (bicyclic) bond motifs is 1. The first kappa shape index (κ1) is 11.2. The minimum absolute atomic E-state index is 0.0433. The van der Waals surface area contributed by atoms with E-state index < -0.39 is 0 Å². The fourth-order valence-corrected chi connectivity index (χ4v) is 1.58. The first-order chi connectivity index (χ1) is 7.62. The molecule has 1 aromatic carbocycles. The lowest BCUT2D eigenvalue weighted by Gasteiger charge is -2.23. The molecule has 0 aliphatic heterocycles. The Morgan fingerprint density at radius 3 is 2.81 bits per heavy atom. The van der Waals surface area contributed by atoms with Crippen LogP contribution in [0, 0.1) is 0 Å². The Kier molecular flexibility index (Phi) is 2.99. The summed E-state index contributed by atoms with van der Waals surface area (Å²) < 4.78 is 5.48. The van der Waals surface area contributed by atoms with E-state index in [-0.39, 0.29) is 5.54 Å². The van der Waals surface area contributed by atoms with Gasteiger partial charge in [-0.3, -0.25) is 0 Å². The van der Waals surface area contributed by atoms with Crippen LogP contribution in [0.5, 0.6) is 0 Å². The molecule has 0 fully saturated rings. The number of hydrogen-bond acceptors (Lipinski definition) is 3. The van der Waals surface area contributed by atoms with E-state index in [0.29, 0.717) is 6.54 Å². The molecule has 0 bridgehead atoms. The molecule has 0 spiro atoms. The van der Waals surface area contributed by atoms with Gasteiger partial charge in [-0.2, -0.15) is 0 Å². The molecule has 2 aromatic rings. The summed E-state index contributed by atoms with van der Waals surface area (Å²) in [6.45, 7) is 5.58. The minimum Gasteiger partial charge on any atom is -0.464 e. The van der Waals surface area contributed by atoms with E-state index in [1.54, 1.807) is 0 Å². The summed E-state index contributed by atoms with van der Waals surface area (Å²) in [5, 5.41) is 4.59. The summed E-state index contributed by atoms with van der Waals surface area (Å²) in [4.78, 5) is 0. The summed E-state index contributed by atoms with van der Waals surface area (Å²) in [5.74, 6) is 0. The van der Waals surface area contributed by atoms with Gasteiger partial charge in [0.15, 0.2) is 0 Å². The summed E-state index contributed by atoms with van der Waals surface area (Å²) in [5.41, 5.74) is 7.74. The maximum Gasteiger partial charge on any atom is 0.134 e. The van der Waals surface area contributed by atoms with Gasteiger partial charge in [0.1, 0.15) is 5.58 Å². The molecule has 0 unspecified atom stereocenters. The molecule has 86 valence electrons. The van der Waals surface area contributed by atoms with Crippen molar-refractivity contribution in [2.75, 3.05) is 6.54 Å². The van der Waals surface area contributed by atoms with E-state index in [1.165, 1.54) is 10.9 Å². The third kappa shape index (κ3) is 2.26. The smallest absolute Gasteiger partial charge is 0.134 e. The quantitative estimate of drug-likeness (QED) is 0.827. The standard InChI is InChI=1S/C13H18N2O/c1-13(2,9-14)15-7-10-8-16-12-6-4-3-5-11(10)12/h3-6,8,15H,7,9,14H2,1-2H3. The maximum atomic E-state index is 5.67. The number of hydrogen-bond donors (Lipinski definition) is 2. The lowest BCUT2D eigenvalue weighted by atomic mass is 10.1. The van der Waals surface area contributed by atoms with Gasteiger partial charge in [0.25, 0.3) is 0 Å². The molecule has 0 saturated heterocycles. The van der Waals surface area contributed by atoms with Crippen molar-refractivity contribution in [1.29, 1.82) is 0 Å². The van der Waals surface area contributed by atoms with Crippen LogP contribution < -0.4 is 11.1 Å². The van der Waals surface area contributed by atoms with Crippen LogP contribution >= 0.6 is 0 Å². The number of furan rings is 1. The summed E-state index contributed by atoms with van der Waals surface area (Å²) in [6.07, 6.45) is 1.81. The largest absolute Gasteiger partial charge is 0.464 e. The van der Waals surface area contributed by atoms with E-state index in [1.807, 2.05) is 24.5 Å². The van der Waals surface area contributed by atoms with Gasteiger partial charge in [0.05, 0.1) is 6.26 Å². The third-order valence-electron chi connectivity index (χ3n) is 2.83. The van der Waals surface area contributed by atoms with Gasteiger partial charge < -0.3 is 15.5 Å². The molecule has 0 radical (unpaired) electrons. The molecule has 1 heterocycles. The lowest BCUT2D eigenvalue weighted by molar-refractivity contribution is 0.396. The molecule has 0 atom stereocenters. The van der Waals surface area contributed by atoms with Crippen LogP contribution in [-0.4, -0.2) is 12.1 Å². The highest BCUT2D eigenvalue weighted by atomic mass is 16.3. The predicted octanol–water partition coefficient (Wildman–Crippen LogP) is 2.26. The minimum atomic E-state index is -0.0433. The van der Waals surface area contributed by atoms with Crippen molar-refractivity contribution in [3.63, 3.8) is 0 Å². The highest BCUT2D eigenvalue weighted by molar-refractivity contribution is 5.80. The van der Waals surface area contributed by atoms with E-state index >= 15 is 0 Å². The molecular weight excluding hydrogens is 200 g/mol. The fraction of sp³-hybridized carbons (Fsp3) is 0.385. The number of benzene rings is 1. The molecule has 1 aromatic heterocycles. The van der Waals surface area contributed by atoms with Crippen molar-refractivity contribution < 1.29 is 4.42 Å². The van der Waals surface area contributed by atoms with Gasteiger partial charge >= 0.3 is 0 Å². The highest BCUT2D eigenvalue weighted by Gasteiger charge is 2.15. The van der Waals surface area contributed by atoms with E-state index in [0.717, 1.165) is 12.1 Å². The van der Waals surface area contributed by atoms with Crippen LogP contribution in [0.3, 0.4) is 0 Å². The van der Waals surface area contributed by atoms with Crippen LogP contribution in [-0.2, 0) is 6.54 Å². The molecule has 3 heteroatoms. The molecule has 0 amide bonds. The Hall–Kier alpha value is -1.32. The van der Waals surface area contributed by atoms with Gasteiger partial charge in [-0.15, -0.1) is 0 Å². The van der Waals surface area contributed by atoms with Crippen LogP contribution in [0.25, 0.3) is 11.0 Å². The van der Waals surface area contributed by atoms with Gasteiger partial charge in [0, 0.05) is 29.6 Å². The zero-order chi connectivity index (χ0) is 11.6. The zero-order valence-corrected chi connectivity index (χ0v) is 9.79. The Labute approximate surface area is 95.6 Å². The van der Waals surface area contributed by atoms with Crippen LogP contribution in [0.15, 0.2) is 34.9 Å². The topological polar surface area (TPSA) is 51.2 Å². The first-order valence-corrected chi connectivity index (χ1v) is 5.52. The van der Waals surface area contributed by atoms with Gasteiger partial charge in [-0.1, -0.05) is 18.2 Å². The van der Waals surface area contributed by atoms with Crippen LogP contribution in [0.4, 0.5) is 0 Å². The molecule has 0 aliphatic carbocycles. The van der Waals surface area contributed by atoms with E-state index in [9.17, 15) is 0 Å². The van der Waals surface area contributed by atoms with Crippen molar-refractivity contribution in [2.45, 2.75) is 25.9 Å². The number of rotatable bonds is 4. The van der Waals surface area contributed by atoms with Crippen molar-refractivity contribution in [3.05, 3.63) is 36.1 Å². The van der Waals surface area contributed by atoms with Crippen molar-refractivity contribution in [2.24, 2.45) is 5.73 Å². The third-order valence-corrected chi connectivity index (χ3v) is 2.83. The predicted molar refractivity (Wildman–Crippen MR) is 66.2 cm³/mol. The average molecular weight is 218 g/mol. The first-order valence-electron chi connectivity index (χ1n) is 5.52. The summed E-state index contributed by atoms with van der Waals surface area (Å²) >= 11 is 0. The average Bonchev–Trinajstić information content (AvgIpc) is 2.70. The second-order valence-corrected chi connectivity index (χ2v) is 4.70. The Morgan fingerprint density at radius 2 is 2.06 bits per heavy atom. The maximum absolute atomic E-state index is 5.67. The van der Waals surface area contributed by atoms with Gasteiger partial charge in [-0.25, -0.2) is 0 Å². The molecule has 3 nitrogen and oxygen atoms in total. The fourth-order valence-electron chi connectivity index (χ4n) is 1.58. The molecule has 16 heavy (non-hydrogen) atoms. The number of nitrogens with two attached hydrogens (primary N) is 1. The highest BCUT2D eigenvalue weighted by Crippen LogP contribution is 2.20. The van der Waals surface area contributed by atoms with Crippen LogP contribution in [0.2, 0.25) is 0 Å². The Bertz CT molecular complexity index is 473. The van der Waals surface area contributed by atoms with Crippen molar-refractivity contribution >= 4 is 11.0 Å². The second-order valence-electron chi connectivity index (χ2n) is 4.70. The monoisotopic (exact) mass is 218 g/mol. The molecule has 0 saturated carbocycles. The summed E-state index contributed by atoms with van der Waals surface area (Å²) in [7, 11) is 0. The van der Waals surface area contributed by atoms with Gasteiger partial charge in [0.2, 0.25) is 0 Å². The Balaban J connectivity index is 2.16. The molecule has 2 rings (SSSR count). The number of nitrogens with one attached hydrogen (secondary N) is 1. The summed E-state index contributed by atoms with van der Waals surface area (Å²) in [6, 6.07) is 8.06. The zero-order valence-electron chi connectivity index (χ0n) is 9.79. The van der Waals surface area contributed by atoms with E-state index in [4.69, 9.17) is 10.2 Å². The number of para-hydroxylation sites is 1. The second kappa shape index (κ2) is 4.28. The lowest BCUT2D eigenvalue weighted by Crippen LogP contribution is -2.45. The molecule has 3 N–H and O–H groups in total. The van der Waals surface area contributed by atoms with Crippen molar-refractivity contribution in [1.82, 2.24) is 5.32 Å². The Morgan fingerprint density at radius 1 is 1.31 bits per heavy atom. The molecular formula is C13H18N2O. The molecule has 0 aliphatic rings.